The molecule has 2 atom stereocenters. The Labute approximate surface area is 142 Å². The van der Waals surface area contributed by atoms with Crippen LogP contribution in [-0.4, -0.2) is 43.0 Å². The fraction of sp³-hybridized carbons (Fsp3) is 0.579. The molecular weight excluding hydrogens is 302 g/mol. The van der Waals surface area contributed by atoms with E-state index >= 15 is 0 Å². The van der Waals surface area contributed by atoms with Crippen LogP contribution in [-0.2, 0) is 16.6 Å². The highest BCUT2D eigenvalue weighted by Crippen LogP contribution is 2.59. The summed E-state index contributed by atoms with van der Waals surface area (Å²) >= 11 is 0. The lowest BCUT2D eigenvalue weighted by molar-refractivity contribution is -0.120. The predicted octanol–water partition coefficient (Wildman–Crippen LogP) is 1.81. The fourth-order valence-electron chi connectivity index (χ4n) is 4.53. The molecule has 1 aromatic rings. The number of hydrogen-bond acceptors (Lipinski definition) is 2. The molecular formula is C19H25N3O2. The van der Waals surface area contributed by atoms with E-state index in [0.717, 1.165) is 6.54 Å². The van der Waals surface area contributed by atoms with Crippen LogP contribution in [0.2, 0.25) is 0 Å². The number of amides is 3. The third kappa shape index (κ3) is 2.76. The molecule has 0 radical (unpaired) electrons. The molecule has 0 bridgehead atoms. The summed E-state index contributed by atoms with van der Waals surface area (Å²) in [6.07, 6.45) is 5.26. The molecule has 128 valence electrons. The molecule has 1 heterocycles. The normalized spacial score (nSPS) is 28.8. The van der Waals surface area contributed by atoms with Crippen molar-refractivity contribution in [2.45, 2.75) is 37.5 Å². The largest absolute Gasteiger partial charge is 0.354 e. The molecule has 24 heavy (non-hydrogen) atoms. The fourth-order valence-corrected chi connectivity index (χ4v) is 4.53. The van der Waals surface area contributed by atoms with Gasteiger partial charge in [-0.05, 0) is 42.7 Å². The first-order valence-electron chi connectivity index (χ1n) is 9.07. The molecule has 2 aliphatic carbocycles. The second-order valence-electron chi connectivity index (χ2n) is 7.34. The zero-order valence-electron chi connectivity index (χ0n) is 14.0. The number of urea groups is 1. The van der Waals surface area contributed by atoms with Crippen molar-refractivity contribution in [2.24, 2.45) is 5.92 Å². The van der Waals surface area contributed by atoms with Crippen molar-refractivity contribution in [3.8, 4) is 0 Å². The number of carbonyl (C=O) groups is 2. The van der Waals surface area contributed by atoms with E-state index in [1.165, 1.54) is 36.8 Å². The van der Waals surface area contributed by atoms with Crippen LogP contribution in [0.4, 0.5) is 4.79 Å². The van der Waals surface area contributed by atoms with Gasteiger partial charge in [-0.15, -0.1) is 0 Å². The zero-order valence-corrected chi connectivity index (χ0v) is 14.0. The van der Waals surface area contributed by atoms with Crippen molar-refractivity contribution in [3.05, 3.63) is 35.4 Å². The van der Waals surface area contributed by atoms with Gasteiger partial charge in [-0.3, -0.25) is 4.79 Å². The van der Waals surface area contributed by atoms with Crippen molar-refractivity contribution >= 4 is 11.9 Å². The minimum atomic E-state index is -0.0300. The van der Waals surface area contributed by atoms with Crippen molar-refractivity contribution < 1.29 is 9.59 Å². The van der Waals surface area contributed by atoms with E-state index in [4.69, 9.17) is 0 Å². The molecule has 0 unspecified atom stereocenters. The molecule has 0 aromatic heterocycles. The topological polar surface area (TPSA) is 61.4 Å². The quantitative estimate of drug-likeness (QED) is 0.870. The van der Waals surface area contributed by atoms with Crippen LogP contribution < -0.4 is 10.6 Å². The second kappa shape index (κ2) is 6.11. The van der Waals surface area contributed by atoms with Gasteiger partial charge in [0, 0.05) is 38.0 Å². The Hall–Kier alpha value is -2.04. The smallest absolute Gasteiger partial charge is 0.317 e. The zero-order chi connectivity index (χ0) is 16.6. The molecule has 1 aromatic carbocycles. The average molecular weight is 327 g/mol. The lowest BCUT2D eigenvalue weighted by Crippen LogP contribution is -2.43. The Kier molecular flexibility index (Phi) is 3.94. The number of carbonyl (C=O) groups excluding carboxylic acids is 2. The maximum absolute atomic E-state index is 12.4. The number of aryl methyl sites for hydroxylation is 1. The number of nitrogens with zero attached hydrogens (tertiary/aromatic N) is 1. The van der Waals surface area contributed by atoms with Crippen molar-refractivity contribution in [1.29, 1.82) is 0 Å². The van der Waals surface area contributed by atoms with E-state index < -0.39 is 0 Å². The highest BCUT2D eigenvalue weighted by molar-refractivity contribution is 5.79. The van der Waals surface area contributed by atoms with E-state index in [-0.39, 0.29) is 11.9 Å². The minimum absolute atomic E-state index is 0.0300. The molecule has 2 N–H and O–H groups in total. The van der Waals surface area contributed by atoms with Crippen molar-refractivity contribution in [2.75, 3.05) is 26.2 Å². The summed E-state index contributed by atoms with van der Waals surface area (Å²) in [5.74, 6) is 0.583. The van der Waals surface area contributed by atoms with Crippen molar-refractivity contribution in [3.63, 3.8) is 0 Å². The first-order valence-corrected chi connectivity index (χ1v) is 9.07. The molecule has 1 saturated carbocycles. The highest BCUT2D eigenvalue weighted by Gasteiger charge is 2.56. The number of nitrogens with one attached hydrogen (secondary N) is 2. The molecule has 1 saturated heterocycles. The molecule has 4 rings (SSSR count). The summed E-state index contributed by atoms with van der Waals surface area (Å²) in [5.41, 5.74) is 3.31. The second-order valence-corrected chi connectivity index (χ2v) is 7.34. The summed E-state index contributed by atoms with van der Waals surface area (Å²) in [6.45, 7) is 2.39. The first-order chi connectivity index (χ1) is 11.7. The van der Waals surface area contributed by atoms with E-state index in [2.05, 4.69) is 34.9 Å². The average Bonchev–Trinajstić information content (AvgIpc) is 3.33. The summed E-state index contributed by atoms with van der Waals surface area (Å²) < 4.78 is 0. The Bertz CT molecular complexity index is 660. The molecule has 2 fully saturated rings. The third-order valence-electron chi connectivity index (χ3n) is 5.95. The predicted molar refractivity (Wildman–Crippen MR) is 91.8 cm³/mol. The van der Waals surface area contributed by atoms with Crippen LogP contribution in [0, 0.1) is 5.92 Å². The molecule has 5 heteroatoms. The van der Waals surface area contributed by atoms with Gasteiger partial charge < -0.3 is 15.5 Å². The maximum atomic E-state index is 12.4. The molecule has 1 aliphatic heterocycles. The van der Waals surface area contributed by atoms with E-state index in [1.54, 1.807) is 4.90 Å². The number of benzene rings is 1. The summed E-state index contributed by atoms with van der Waals surface area (Å²) in [7, 11) is 0. The van der Waals surface area contributed by atoms with Gasteiger partial charge >= 0.3 is 6.03 Å². The standard InChI is InChI=1S/C19H25N3O2/c23-17-7-10-22(11-9-20-17)18(24)21-13-15-12-19(15)8-3-5-14-4-1-2-6-16(14)19/h1-2,4,6,15H,3,5,7-13H2,(H,20,23)(H,21,24)/t15-,19-/m1/s1. The van der Waals surface area contributed by atoms with Gasteiger partial charge in [0.2, 0.25) is 5.91 Å². The van der Waals surface area contributed by atoms with E-state index in [9.17, 15) is 9.59 Å². The van der Waals surface area contributed by atoms with Crippen LogP contribution in [0.15, 0.2) is 24.3 Å². The molecule has 5 nitrogen and oxygen atoms in total. The Morgan fingerprint density at radius 3 is 3.08 bits per heavy atom. The SMILES string of the molecule is O=C1CCN(C(=O)NC[C@H]2C[C@]23CCCc2ccccc23)CCN1. The third-order valence-corrected chi connectivity index (χ3v) is 5.95. The number of fused-ring (bicyclic) bond motifs is 2. The lowest BCUT2D eigenvalue weighted by atomic mass is 9.78. The van der Waals surface area contributed by atoms with Crippen LogP contribution in [0.5, 0.6) is 0 Å². The monoisotopic (exact) mass is 327 g/mol. The Morgan fingerprint density at radius 1 is 1.29 bits per heavy atom. The lowest BCUT2D eigenvalue weighted by Gasteiger charge is -2.27. The van der Waals surface area contributed by atoms with Crippen LogP contribution in [0.3, 0.4) is 0 Å². The summed E-state index contributed by atoms with van der Waals surface area (Å²) in [6, 6.07) is 8.78. The highest BCUT2D eigenvalue weighted by atomic mass is 16.2. The molecule has 3 amide bonds. The molecule has 1 spiro atoms. The van der Waals surface area contributed by atoms with Crippen LogP contribution in [0.1, 0.15) is 36.8 Å². The van der Waals surface area contributed by atoms with Crippen LogP contribution >= 0.6 is 0 Å². The van der Waals surface area contributed by atoms with Gasteiger partial charge in [0.1, 0.15) is 0 Å². The van der Waals surface area contributed by atoms with Gasteiger partial charge in [-0.25, -0.2) is 4.79 Å². The van der Waals surface area contributed by atoms with Gasteiger partial charge in [0.05, 0.1) is 0 Å². The van der Waals surface area contributed by atoms with E-state index in [1.807, 2.05) is 0 Å². The van der Waals surface area contributed by atoms with Crippen LogP contribution in [0.25, 0.3) is 0 Å². The van der Waals surface area contributed by atoms with Gasteiger partial charge in [-0.1, -0.05) is 24.3 Å². The Balaban J connectivity index is 1.35. The van der Waals surface area contributed by atoms with Crippen molar-refractivity contribution in [1.82, 2.24) is 15.5 Å². The summed E-state index contributed by atoms with van der Waals surface area (Å²) in [4.78, 5) is 25.5. The van der Waals surface area contributed by atoms with E-state index in [0.29, 0.717) is 37.4 Å². The first kappa shape index (κ1) is 15.5. The van der Waals surface area contributed by atoms with Gasteiger partial charge in [0.15, 0.2) is 0 Å². The maximum Gasteiger partial charge on any atom is 0.317 e. The summed E-state index contributed by atoms with van der Waals surface area (Å²) in [5, 5.41) is 5.91. The number of hydrogen-bond donors (Lipinski definition) is 2. The molecule has 3 aliphatic rings. The van der Waals surface area contributed by atoms with Gasteiger partial charge in [0.25, 0.3) is 0 Å². The van der Waals surface area contributed by atoms with Gasteiger partial charge in [-0.2, -0.15) is 0 Å². The Morgan fingerprint density at radius 2 is 2.17 bits per heavy atom. The number of rotatable bonds is 2. The minimum Gasteiger partial charge on any atom is -0.354 e.